The van der Waals surface area contributed by atoms with Gasteiger partial charge in [-0.3, -0.25) is 4.99 Å². The lowest BCUT2D eigenvalue weighted by molar-refractivity contribution is 0.172. The summed E-state index contributed by atoms with van der Waals surface area (Å²) in [4.78, 5) is 4.30. The Hall–Kier alpha value is -3.13. The van der Waals surface area contributed by atoms with Crippen molar-refractivity contribution in [2.45, 2.75) is 12.8 Å². The van der Waals surface area contributed by atoms with Crippen molar-refractivity contribution in [1.29, 1.82) is 0 Å². The predicted octanol–water partition coefficient (Wildman–Crippen LogP) is 3.36. The molecule has 0 fully saturated rings. The molecule has 2 N–H and O–H groups in total. The highest BCUT2D eigenvalue weighted by atomic mass is 16.5. The molecule has 0 radical (unpaired) electrons. The van der Waals surface area contributed by atoms with Crippen molar-refractivity contribution < 1.29 is 23.7 Å². The molecule has 31 heavy (non-hydrogen) atoms. The predicted molar refractivity (Wildman–Crippen MR) is 123 cm³/mol. The molecule has 0 unspecified atom stereocenters. The Balaban J connectivity index is 1.94. The highest BCUT2D eigenvalue weighted by molar-refractivity contribution is 5.93. The van der Waals surface area contributed by atoms with Crippen LogP contribution in [0.1, 0.15) is 12.0 Å². The fourth-order valence-electron chi connectivity index (χ4n) is 3.05. The van der Waals surface area contributed by atoms with E-state index in [1.807, 2.05) is 36.4 Å². The maximum absolute atomic E-state index is 5.75. The van der Waals surface area contributed by atoms with Crippen LogP contribution < -0.4 is 29.6 Å². The number of ether oxygens (including phenoxy) is 5. The Labute approximate surface area is 184 Å². The van der Waals surface area contributed by atoms with E-state index in [9.17, 15) is 0 Å². The number of hydrogen-bond donors (Lipinski definition) is 2. The first-order chi connectivity index (χ1) is 15.2. The van der Waals surface area contributed by atoms with Crippen molar-refractivity contribution in [3.05, 3.63) is 42.0 Å². The maximum Gasteiger partial charge on any atom is 0.203 e. The van der Waals surface area contributed by atoms with Gasteiger partial charge in [0.15, 0.2) is 17.5 Å². The van der Waals surface area contributed by atoms with Crippen LogP contribution in [-0.4, -0.2) is 61.2 Å². The number of guanidine groups is 1. The molecule has 0 heterocycles. The number of nitrogens with zero attached hydrogens (tertiary/aromatic N) is 1. The normalized spacial score (nSPS) is 11.1. The van der Waals surface area contributed by atoms with Crippen molar-refractivity contribution in [2.75, 3.05) is 60.6 Å². The largest absolute Gasteiger partial charge is 0.493 e. The van der Waals surface area contributed by atoms with E-state index < -0.39 is 0 Å². The quantitative estimate of drug-likeness (QED) is 0.303. The monoisotopic (exact) mass is 431 g/mol. The van der Waals surface area contributed by atoms with E-state index >= 15 is 0 Å². The lowest BCUT2D eigenvalue weighted by Crippen LogP contribution is -2.32. The molecule has 0 atom stereocenters. The van der Waals surface area contributed by atoms with E-state index in [-0.39, 0.29) is 0 Å². The topological polar surface area (TPSA) is 82.6 Å². The van der Waals surface area contributed by atoms with E-state index in [4.69, 9.17) is 23.7 Å². The van der Waals surface area contributed by atoms with Gasteiger partial charge >= 0.3 is 0 Å². The minimum atomic E-state index is 0.590. The van der Waals surface area contributed by atoms with Crippen LogP contribution in [0.2, 0.25) is 0 Å². The molecule has 0 spiro atoms. The van der Waals surface area contributed by atoms with Gasteiger partial charge in [0.25, 0.3) is 0 Å². The molecule has 0 saturated heterocycles. The first kappa shape index (κ1) is 24.1. The number of aliphatic imine (C=N–C) groups is 1. The third-order valence-corrected chi connectivity index (χ3v) is 4.55. The highest BCUT2D eigenvalue weighted by Crippen LogP contribution is 2.39. The fourth-order valence-corrected chi connectivity index (χ4v) is 3.05. The molecular weight excluding hydrogens is 398 g/mol. The summed E-state index contributed by atoms with van der Waals surface area (Å²) in [7, 11) is 8.25. The molecule has 0 aliphatic carbocycles. The van der Waals surface area contributed by atoms with E-state index in [1.165, 1.54) is 0 Å². The summed E-state index contributed by atoms with van der Waals surface area (Å²) < 4.78 is 27.1. The van der Waals surface area contributed by atoms with Crippen LogP contribution in [0.5, 0.6) is 23.0 Å². The van der Waals surface area contributed by atoms with Gasteiger partial charge in [-0.25, -0.2) is 0 Å². The summed E-state index contributed by atoms with van der Waals surface area (Å²) >= 11 is 0. The van der Waals surface area contributed by atoms with Crippen LogP contribution in [0.15, 0.2) is 41.4 Å². The summed E-state index contributed by atoms with van der Waals surface area (Å²) in [6, 6.07) is 11.6. The number of nitrogens with one attached hydrogen (secondary N) is 2. The Morgan fingerprint density at radius 3 is 2.42 bits per heavy atom. The van der Waals surface area contributed by atoms with Crippen molar-refractivity contribution >= 4 is 11.6 Å². The lowest BCUT2D eigenvalue weighted by Gasteiger charge is -2.17. The van der Waals surface area contributed by atoms with Crippen LogP contribution in [0.4, 0.5) is 5.69 Å². The number of anilines is 1. The average Bonchev–Trinajstić information content (AvgIpc) is 2.80. The van der Waals surface area contributed by atoms with Crippen LogP contribution in [-0.2, 0) is 11.2 Å². The van der Waals surface area contributed by atoms with Crippen LogP contribution in [0.25, 0.3) is 0 Å². The summed E-state index contributed by atoms with van der Waals surface area (Å²) in [5.74, 6) is 3.36. The second-order valence-electron chi connectivity index (χ2n) is 6.59. The molecular formula is C23H33N3O5. The molecule has 8 heteroatoms. The second-order valence-corrected chi connectivity index (χ2v) is 6.59. The zero-order valence-electron chi connectivity index (χ0n) is 19.0. The minimum absolute atomic E-state index is 0.590. The molecule has 2 aromatic carbocycles. The zero-order chi connectivity index (χ0) is 22.5. The van der Waals surface area contributed by atoms with Crippen molar-refractivity contribution in [3.8, 4) is 23.0 Å². The number of benzene rings is 2. The van der Waals surface area contributed by atoms with Gasteiger partial charge in [0.05, 0.1) is 27.9 Å². The SMILES string of the molecule is CN=C(NCCc1ccc(OC)c(OC)c1OC)Nc1cccc(OCCCOC)c1. The number of rotatable bonds is 12. The first-order valence-corrected chi connectivity index (χ1v) is 10.1. The standard InChI is InChI=1S/C23H33N3O5/c1-24-23(26-18-8-6-9-19(16-18)31-15-7-14-27-2)25-13-12-17-10-11-20(28-3)22(30-5)21(17)29-4/h6,8-11,16H,7,12-15H2,1-5H3,(H2,24,25,26). The van der Waals surface area contributed by atoms with Crippen LogP contribution in [0, 0.1) is 0 Å². The van der Waals surface area contributed by atoms with Crippen LogP contribution >= 0.6 is 0 Å². The van der Waals surface area contributed by atoms with Gasteiger partial charge in [-0.05, 0) is 24.6 Å². The smallest absolute Gasteiger partial charge is 0.203 e. The minimum Gasteiger partial charge on any atom is -0.493 e. The molecule has 0 aliphatic heterocycles. The van der Waals surface area contributed by atoms with Gasteiger partial charge in [-0.2, -0.15) is 0 Å². The molecule has 0 amide bonds. The molecule has 8 nitrogen and oxygen atoms in total. The number of methoxy groups -OCH3 is 4. The van der Waals surface area contributed by atoms with Gasteiger partial charge in [0.1, 0.15) is 5.75 Å². The molecule has 170 valence electrons. The third kappa shape index (κ3) is 7.25. The van der Waals surface area contributed by atoms with E-state index in [1.54, 1.807) is 35.5 Å². The van der Waals surface area contributed by atoms with Gasteiger partial charge in [0.2, 0.25) is 5.75 Å². The summed E-state index contributed by atoms with van der Waals surface area (Å²) in [5.41, 5.74) is 1.90. The van der Waals surface area contributed by atoms with Crippen LogP contribution in [0.3, 0.4) is 0 Å². The summed E-state index contributed by atoms with van der Waals surface area (Å²) in [6.45, 7) is 1.94. The van der Waals surface area contributed by atoms with E-state index in [2.05, 4.69) is 15.6 Å². The molecule has 0 saturated carbocycles. The molecule has 2 rings (SSSR count). The fraction of sp³-hybridized carbons (Fsp3) is 0.435. The molecule has 0 aliphatic rings. The van der Waals surface area contributed by atoms with Gasteiger partial charge in [-0.1, -0.05) is 12.1 Å². The lowest BCUT2D eigenvalue weighted by atomic mass is 10.1. The molecule has 0 bridgehead atoms. The molecule has 2 aromatic rings. The molecule has 0 aromatic heterocycles. The van der Waals surface area contributed by atoms with Crippen molar-refractivity contribution in [3.63, 3.8) is 0 Å². The Morgan fingerprint density at radius 1 is 0.935 bits per heavy atom. The maximum atomic E-state index is 5.75. The average molecular weight is 432 g/mol. The highest BCUT2D eigenvalue weighted by Gasteiger charge is 2.15. The third-order valence-electron chi connectivity index (χ3n) is 4.55. The Kier molecular flexibility index (Phi) is 10.3. The van der Waals surface area contributed by atoms with Gasteiger partial charge < -0.3 is 34.3 Å². The Bertz CT molecular complexity index is 842. The van der Waals surface area contributed by atoms with Crippen molar-refractivity contribution in [1.82, 2.24) is 5.32 Å². The van der Waals surface area contributed by atoms with Gasteiger partial charge in [-0.15, -0.1) is 0 Å². The van der Waals surface area contributed by atoms with E-state index in [0.717, 1.165) is 23.4 Å². The number of hydrogen-bond acceptors (Lipinski definition) is 6. The van der Waals surface area contributed by atoms with E-state index in [0.29, 0.717) is 49.4 Å². The Morgan fingerprint density at radius 2 is 1.74 bits per heavy atom. The summed E-state index contributed by atoms with van der Waals surface area (Å²) in [6.07, 6.45) is 1.56. The second kappa shape index (κ2) is 13.2. The van der Waals surface area contributed by atoms with Crippen molar-refractivity contribution in [2.24, 2.45) is 4.99 Å². The zero-order valence-corrected chi connectivity index (χ0v) is 19.0. The van der Waals surface area contributed by atoms with Gasteiger partial charge in [0, 0.05) is 51.0 Å². The summed E-state index contributed by atoms with van der Waals surface area (Å²) in [5, 5.41) is 6.60. The first-order valence-electron chi connectivity index (χ1n) is 10.1.